The van der Waals surface area contributed by atoms with Crippen LogP contribution in [0.5, 0.6) is 11.5 Å². The molecule has 1 aromatic carbocycles. The lowest BCUT2D eigenvalue weighted by atomic mass is 10.1. The fourth-order valence-electron chi connectivity index (χ4n) is 1.19. The molecule has 3 nitrogen and oxygen atoms in total. The van der Waals surface area contributed by atoms with E-state index in [1.165, 1.54) is 0 Å². The van der Waals surface area contributed by atoms with Crippen LogP contribution in [0.15, 0.2) is 18.2 Å². The maximum absolute atomic E-state index is 5.41. The zero-order chi connectivity index (χ0) is 11.3. The minimum Gasteiger partial charge on any atom is -0.404 e. The minimum atomic E-state index is 0.575. The van der Waals surface area contributed by atoms with Crippen molar-refractivity contribution in [2.75, 3.05) is 14.1 Å². The summed E-state index contributed by atoms with van der Waals surface area (Å²) in [4.78, 5) is 5.41. The highest BCUT2D eigenvalue weighted by Crippen LogP contribution is 2.28. The number of terminal acetylenes is 1. The molecule has 0 aliphatic carbocycles. The maximum Gasteiger partial charge on any atom is 0.191 e. The van der Waals surface area contributed by atoms with Crippen molar-refractivity contribution in [3.8, 4) is 24.0 Å². The highest BCUT2D eigenvalue weighted by molar-refractivity contribution is 5.43. The van der Waals surface area contributed by atoms with Crippen LogP contribution in [0.3, 0.4) is 0 Å². The lowest BCUT2D eigenvalue weighted by Crippen LogP contribution is -2.16. The second-order valence-corrected chi connectivity index (χ2v) is 3.26. The van der Waals surface area contributed by atoms with Gasteiger partial charge in [0, 0.05) is 14.1 Å². The Balaban J connectivity index is 2.99. The summed E-state index contributed by atoms with van der Waals surface area (Å²) in [5, 5.41) is 1.59. The summed E-state index contributed by atoms with van der Waals surface area (Å²) < 4.78 is 5.06. The Kier molecular flexibility index (Phi) is 4.02. The second-order valence-electron chi connectivity index (χ2n) is 3.26. The van der Waals surface area contributed by atoms with E-state index in [-0.39, 0.29) is 0 Å². The quantitative estimate of drug-likeness (QED) is 0.555. The molecule has 0 bridgehead atoms. The lowest BCUT2D eigenvalue weighted by molar-refractivity contribution is -0.00526. The Morgan fingerprint density at radius 1 is 1.33 bits per heavy atom. The molecule has 0 fully saturated rings. The number of benzene rings is 1. The zero-order valence-electron chi connectivity index (χ0n) is 9.28. The number of hydroxylamine groups is 2. The normalized spacial score (nSPS) is 9.80. The highest BCUT2D eigenvalue weighted by Gasteiger charge is 2.07. The van der Waals surface area contributed by atoms with Crippen molar-refractivity contribution in [2.24, 2.45) is 0 Å². The minimum absolute atomic E-state index is 0.575. The topological polar surface area (TPSA) is 21.7 Å². The van der Waals surface area contributed by atoms with E-state index in [4.69, 9.17) is 16.0 Å². The monoisotopic (exact) mass is 205 g/mol. The van der Waals surface area contributed by atoms with Gasteiger partial charge in [0.15, 0.2) is 11.5 Å². The van der Waals surface area contributed by atoms with E-state index in [0.717, 1.165) is 12.0 Å². The van der Waals surface area contributed by atoms with Crippen LogP contribution >= 0.6 is 0 Å². The van der Waals surface area contributed by atoms with Gasteiger partial charge in [0.1, 0.15) is 6.11 Å². The molecule has 15 heavy (non-hydrogen) atoms. The van der Waals surface area contributed by atoms with Crippen molar-refractivity contribution in [1.82, 2.24) is 5.06 Å². The van der Waals surface area contributed by atoms with Gasteiger partial charge in [-0.3, -0.25) is 0 Å². The standard InChI is InChI=1S/C12H15NO2/c1-5-10-7-8-11(15-13(3)4)12(9-10)14-6-2/h2,7-9H,5H2,1,3-4H3. The Labute approximate surface area is 90.6 Å². The molecular weight excluding hydrogens is 190 g/mol. The van der Waals surface area contributed by atoms with Gasteiger partial charge in [-0.25, -0.2) is 0 Å². The van der Waals surface area contributed by atoms with Crippen molar-refractivity contribution < 1.29 is 9.57 Å². The van der Waals surface area contributed by atoms with E-state index in [1.807, 2.05) is 18.2 Å². The summed E-state index contributed by atoms with van der Waals surface area (Å²) in [5.74, 6) is 1.20. The molecule has 0 aliphatic heterocycles. The van der Waals surface area contributed by atoms with Crippen LogP contribution in [0.1, 0.15) is 12.5 Å². The largest absolute Gasteiger partial charge is 0.404 e. The molecule has 0 spiro atoms. The van der Waals surface area contributed by atoms with Gasteiger partial charge >= 0.3 is 0 Å². The van der Waals surface area contributed by atoms with E-state index in [9.17, 15) is 0 Å². The summed E-state index contributed by atoms with van der Waals surface area (Å²) in [5.41, 5.74) is 1.16. The van der Waals surface area contributed by atoms with Gasteiger partial charge < -0.3 is 9.57 Å². The van der Waals surface area contributed by atoms with Crippen LogP contribution < -0.4 is 9.57 Å². The smallest absolute Gasteiger partial charge is 0.191 e. The van der Waals surface area contributed by atoms with Gasteiger partial charge in [-0.2, -0.15) is 0 Å². The predicted octanol–water partition coefficient (Wildman–Crippen LogP) is 2.07. The average molecular weight is 205 g/mol. The fourth-order valence-corrected chi connectivity index (χ4v) is 1.19. The van der Waals surface area contributed by atoms with Crippen LogP contribution in [0.2, 0.25) is 0 Å². The molecule has 0 radical (unpaired) electrons. The Morgan fingerprint density at radius 2 is 2.07 bits per heavy atom. The molecule has 0 amide bonds. The van der Waals surface area contributed by atoms with Gasteiger partial charge in [-0.05, 0) is 24.1 Å². The zero-order valence-corrected chi connectivity index (χ0v) is 9.28. The molecule has 0 saturated carbocycles. The molecule has 3 heteroatoms. The number of ether oxygens (including phenoxy) is 1. The predicted molar refractivity (Wildman–Crippen MR) is 59.6 cm³/mol. The molecule has 1 aromatic rings. The average Bonchev–Trinajstić information content (AvgIpc) is 2.20. The van der Waals surface area contributed by atoms with Crippen molar-refractivity contribution in [1.29, 1.82) is 0 Å². The molecule has 0 unspecified atom stereocenters. The summed E-state index contributed by atoms with van der Waals surface area (Å²) in [6, 6.07) is 5.73. The van der Waals surface area contributed by atoms with Gasteiger partial charge in [0.05, 0.1) is 0 Å². The van der Waals surface area contributed by atoms with Crippen LogP contribution in [0.4, 0.5) is 0 Å². The fraction of sp³-hybridized carbons (Fsp3) is 0.333. The molecule has 0 saturated heterocycles. The summed E-state index contributed by atoms with van der Waals surface area (Å²) in [6.45, 7) is 2.07. The van der Waals surface area contributed by atoms with E-state index in [2.05, 4.69) is 13.0 Å². The van der Waals surface area contributed by atoms with Crippen LogP contribution in [0.25, 0.3) is 0 Å². The van der Waals surface area contributed by atoms with Gasteiger partial charge in [0.2, 0.25) is 0 Å². The van der Waals surface area contributed by atoms with Crippen molar-refractivity contribution >= 4 is 0 Å². The molecule has 0 aliphatic rings. The van der Waals surface area contributed by atoms with E-state index in [1.54, 1.807) is 19.2 Å². The van der Waals surface area contributed by atoms with Crippen LogP contribution in [-0.4, -0.2) is 19.2 Å². The van der Waals surface area contributed by atoms with Gasteiger partial charge in [0.25, 0.3) is 0 Å². The summed E-state index contributed by atoms with van der Waals surface area (Å²) >= 11 is 0. The number of rotatable bonds is 4. The van der Waals surface area contributed by atoms with E-state index >= 15 is 0 Å². The molecule has 0 N–H and O–H groups in total. The molecule has 1 rings (SSSR count). The lowest BCUT2D eigenvalue weighted by Gasteiger charge is -2.14. The number of hydrogen-bond acceptors (Lipinski definition) is 3. The first-order valence-corrected chi connectivity index (χ1v) is 4.78. The highest BCUT2D eigenvalue weighted by atomic mass is 16.7. The molecular formula is C12H15NO2. The molecule has 0 heterocycles. The third kappa shape index (κ3) is 3.19. The third-order valence-electron chi connectivity index (χ3n) is 1.87. The summed E-state index contributed by atoms with van der Waals surface area (Å²) in [6.07, 6.45) is 8.19. The first-order chi connectivity index (χ1) is 7.17. The van der Waals surface area contributed by atoms with Crippen molar-refractivity contribution in [2.45, 2.75) is 13.3 Å². The number of nitrogens with zero attached hydrogens (tertiary/aromatic N) is 1. The second kappa shape index (κ2) is 5.28. The Morgan fingerprint density at radius 3 is 2.60 bits per heavy atom. The Hall–Kier alpha value is -1.66. The molecule has 0 atom stereocenters. The van der Waals surface area contributed by atoms with Crippen LogP contribution in [0, 0.1) is 12.5 Å². The Bertz CT molecular complexity index is 366. The summed E-state index contributed by atoms with van der Waals surface area (Å²) in [7, 11) is 3.60. The number of aryl methyl sites for hydroxylation is 1. The third-order valence-corrected chi connectivity index (χ3v) is 1.87. The SMILES string of the molecule is C#COc1cc(CC)ccc1ON(C)C. The molecule has 80 valence electrons. The van der Waals surface area contributed by atoms with Crippen LogP contribution in [-0.2, 0) is 6.42 Å². The number of hydrogen-bond donors (Lipinski definition) is 0. The first kappa shape index (κ1) is 11.4. The van der Waals surface area contributed by atoms with E-state index < -0.39 is 0 Å². The molecule has 0 aromatic heterocycles. The van der Waals surface area contributed by atoms with Gasteiger partial charge in [-0.1, -0.05) is 19.4 Å². The van der Waals surface area contributed by atoms with Gasteiger partial charge in [-0.15, -0.1) is 5.06 Å². The van der Waals surface area contributed by atoms with E-state index in [0.29, 0.717) is 11.5 Å². The van der Waals surface area contributed by atoms with Crippen molar-refractivity contribution in [3.05, 3.63) is 23.8 Å². The van der Waals surface area contributed by atoms with Crippen molar-refractivity contribution in [3.63, 3.8) is 0 Å². The maximum atomic E-state index is 5.41. The first-order valence-electron chi connectivity index (χ1n) is 4.78.